The van der Waals surface area contributed by atoms with E-state index >= 15 is 0 Å². The second-order valence-corrected chi connectivity index (χ2v) is 4.70. The molecule has 1 aliphatic heterocycles. The van der Waals surface area contributed by atoms with Crippen LogP contribution in [0.1, 0.15) is 13.3 Å². The Morgan fingerprint density at radius 1 is 1.32 bits per heavy atom. The van der Waals surface area contributed by atoms with E-state index in [9.17, 15) is 4.79 Å². The van der Waals surface area contributed by atoms with Gasteiger partial charge in [-0.25, -0.2) is 0 Å². The summed E-state index contributed by atoms with van der Waals surface area (Å²) < 4.78 is 10.4. The van der Waals surface area contributed by atoms with E-state index in [4.69, 9.17) is 9.47 Å². The minimum Gasteiger partial charge on any atom is -0.493 e. The fourth-order valence-electron chi connectivity index (χ4n) is 2.37. The second-order valence-electron chi connectivity index (χ2n) is 4.70. The van der Waals surface area contributed by atoms with Gasteiger partial charge in [-0.05, 0) is 32.0 Å². The predicted molar refractivity (Wildman–Crippen MR) is 73.7 cm³/mol. The molecule has 0 spiro atoms. The zero-order valence-corrected chi connectivity index (χ0v) is 11.5. The molecule has 0 radical (unpaired) electrons. The van der Waals surface area contributed by atoms with Gasteiger partial charge in [0.15, 0.2) is 11.5 Å². The number of carbonyl (C=O) groups excluding carboxylic acids is 1. The third kappa shape index (κ3) is 2.98. The summed E-state index contributed by atoms with van der Waals surface area (Å²) in [6.07, 6.45) is 0.875. The van der Waals surface area contributed by atoms with Crippen LogP contribution in [0.2, 0.25) is 0 Å². The van der Waals surface area contributed by atoms with Crippen molar-refractivity contribution in [3.8, 4) is 11.5 Å². The van der Waals surface area contributed by atoms with Crippen molar-refractivity contribution < 1.29 is 14.3 Å². The highest BCUT2D eigenvalue weighted by molar-refractivity contribution is 5.93. The first-order chi connectivity index (χ1) is 9.15. The van der Waals surface area contributed by atoms with Crippen LogP contribution in [-0.4, -0.2) is 32.7 Å². The van der Waals surface area contributed by atoms with E-state index in [1.165, 1.54) is 0 Å². The summed E-state index contributed by atoms with van der Waals surface area (Å²) in [5, 5.41) is 6.20. The van der Waals surface area contributed by atoms with Gasteiger partial charge in [0.2, 0.25) is 5.91 Å². The van der Waals surface area contributed by atoms with Crippen LogP contribution in [0.5, 0.6) is 11.5 Å². The van der Waals surface area contributed by atoms with Crippen molar-refractivity contribution in [2.45, 2.75) is 19.4 Å². The molecule has 1 heterocycles. The van der Waals surface area contributed by atoms with Gasteiger partial charge in [0, 0.05) is 17.8 Å². The Bertz CT molecular complexity index is 462. The minimum atomic E-state index is 0.0214. The summed E-state index contributed by atoms with van der Waals surface area (Å²) in [6.45, 7) is 2.93. The van der Waals surface area contributed by atoms with Crippen molar-refractivity contribution in [2.75, 3.05) is 26.1 Å². The lowest BCUT2D eigenvalue weighted by atomic mass is 10.0. The number of methoxy groups -OCH3 is 2. The first-order valence-electron chi connectivity index (χ1n) is 6.42. The molecular formula is C14H20N2O3. The normalized spacial score (nSPS) is 22.1. The zero-order valence-electron chi connectivity index (χ0n) is 11.5. The molecule has 2 unspecified atom stereocenters. The largest absolute Gasteiger partial charge is 0.493 e. The Hall–Kier alpha value is -1.75. The van der Waals surface area contributed by atoms with Crippen LogP contribution in [0.15, 0.2) is 18.2 Å². The van der Waals surface area contributed by atoms with E-state index in [-0.39, 0.29) is 17.9 Å². The van der Waals surface area contributed by atoms with Crippen LogP contribution in [-0.2, 0) is 4.79 Å². The molecule has 0 aromatic heterocycles. The molecular weight excluding hydrogens is 244 g/mol. The molecule has 0 aliphatic carbocycles. The van der Waals surface area contributed by atoms with Crippen molar-refractivity contribution in [1.82, 2.24) is 5.32 Å². The Kier molecular flexibility index (Phi) is 4.27. The van der Waals surface area contributed by atoms with Crippen LogP contribution >= 0.6 is 0 Å². The Morgan fingerprint density at radius 2 is 2.05 bits per heavy atom. The molecule has 2 atom stereocenters. The summed E-state index contributed by atoms with van der Waals surface area (Å²) in [5.74, 6) is 1.33. The van der Waals surface area contributed by atoms with Gasteiger partial charge in [0.1, 0.15) is 0 Å². The van der Waals surface area contributed by atoms with Gasteiger partial charge in [0.05, 0.1) is 20.1 Å². The van der Waals surface area contributed by atoms with Crippen molar-refractivity contribution in [3.05, 3.63) is 18.2 Å². The number of hydrogen-bond donors (Lipinski definition) is 2. The zero-order chi connectivity index (χ0) is 13.8. The molecule has 1 amide bonds. The number of benzene rings is 1. The molecule has 0 bridgehead atoms. The lowest BCUT2D eigenvalue weighted by molar-refractivity contribution is -0.119. The van der Waals surface area contributed by atoms with Gasteiger partial charge in [-0.3, -0.25) is 4.79 Å². The number of anilines is 1. The predicted octanol–water partition coefficient (Wildman–Crippen LogP) is 1.64. The van der Waals surface area contributed by atoms with E-state index in [0.717, 1.165) is 18.7 Å². The summed E-state index contributed by atoms with van der Waals surface area (Å²) in [5.41, 5.74) is 0.724. The maximum absolute atomic E-state index is 12.2. The van der Waals surface area contributed by atoms with E-state index < -0.39 is 0 Å². The van der Waals surface area contributed by atoms with Crippen molar-refractivity contribution >= 4 is 11.6 Å². The van der Waals surface area contributed by atoms with Crippen LogP contribution < -0.4 is 20.1 Å². The van der Waals surface area contributed by atoms with Crippen LogP contribution in [0, 0.1) is 5.92 Å². The summed E-state index contributed by atoms with van der Waals surface area (Å²) >= 11 is 0. The van der Waals surface area contributed by atoms with Gasteiger partial charge < -0.3 is 20.1 Å². The van der Waals surface area contributed by atoms with Crippen molar-refractivity contribution in [2.24, 2.45) is 5.92 Å². The number of ether oxygens (including phenoxy) is 2. The molecule has 1 aromatic rings. The van der Waals surface area contributed by atoms with Crippen LogP contribution in [0.25, 0.3) is 0 Å². The summed E-state index contributed by atoms with van der Waals surface area (Å²) in [7, 11) is 3.16. The third-order valence-electron chi connectivity index (χ3n) is 3.51. The Labute approximate surface area is 113 Å². The molecule has 1 aromatic carbocycles. The number of amides is 1. The first kappa shape index (κ1) is 13.7. The average molecular weight is 264 g/mol. The third-order valence-corrected chi connectivity index (χ3v) is 3.51. The van der Waals surface area contributed by atoms with Gasteiger partial charge in [-0.1, -0.05) is 0 Å². The SMILES string of the molecule is COc1ccc(NC(=O)C2CCNC2C)cc1OC. The number of rotatable bonds is 4. The highest BCUT2D eigenvalue weighted by Crippen LogP contribution is 2.30. The van der Waals surface area contributed by atoms with Gasteiger partial charge >= 0.3 is 0 Å². The lowest BCUT2D eigenvalue weighted by Crippen LogP contribution is -2.32. The molecule has 104 valence electrons. The Morgan fingerprint density at radius 3 is 2.63 bits per heavy atom. The maximum Gasteiger partial charge on any atom is 0.229 e. The number of nitrogens with one attached hydrogen (secondary N) is 2. The summed E-state index contributed by atoms with van der Waals surface area (Å²) in [6, 6.07) is 5.58. The minimum absolute atomic E-state index is 0.0214. The molecule has 19 heavy (non-hydrogen) atoms. The standard InChI is InChI=1S/C14H20N2O3/c1-9-11(6-7-15-9)14(17)16-10-4-5-12(18-2)13(8-10)19-3/h4-5,8-9,11,15H,6-7H2,1-3H3,(H,16,17). The monoisotopic (exact) mass is 264 g/mol. The molecule has 2 rings (SSSR count). The fourth-order valence-corrected chi connectivity index (χ4v) is 2.37. The molecule has 1 aliphatic rings. The highest BCUT2D eigenvalue weighted by Gasteiger charge is 2.29. The van der Waals surface area contributed by atoms with Gasteiger partial charge in [-0.15, -0.1) is 0 Å². The molecule has 1 saturated heterocycles. The Balaban J connectivity index is 2.08. The smallest absolute Gasteiger partial charge is 0.229 e. The van der Waals surface area contributed by atoms with Crippen LogP contribution in [0.4, 0.5) is 5.69 Å². The fraction of sp³-hybridized carbons (Fsp3) is 0.500. The van der Waals surface area contributed by atoms with E-state index in [2.05, 4.69) is 10.6 Å². The number of hydrogen-bond acceptors (Lipinski definition) is 4. The van der Waals surface area contributed by atoms with Crippen molar-refractivity contribution in [3.63, 3.8) is 0 Å². The van der Waals surface area contributed by atoms with Crippen molar-refractivity contribution in [1.29, 1.82) is 0 Å². The molecule has 2 N–H and O–H groups in total. The molecule has 5 heteroatoms. The lowest BCUT2D eigenvalue weighted by Gasteiger charge is -2.16. The molecule has 0 saturated carbocycles. The van der Waals surface area contributed by atoms with E-state index in [1.54, 1.807) is 26.4 Å². The van der Waals surface area contributed by atoms with E-state index in [0.29, 0.717) is 11.5 Å². The highest BCUT2D eigenvalue weighted by atomic mass is 16.5. The average Bonchev–Trinajstić information content (AvgIpc) is 2.85. The topological polar surface area (TPSA) is 59.6 Å². The first-order valence-corrected chi connectivity index (χ1v) is 6.42. The van der Waals surface area contributed by atoms with Crippen LogP contribution in [0.3, 0.4) is 0 Å². The quantitative estimate of drug-likeness (QED) is 0.868. The molecule has 1 fully saturated rings. The number of carbonyl (C=O) groups is 1. The van der Waals surface area contributed by atoms with Gasteiger partial charge in [0.25, 0.3) is 0 Å². The van der Waals surface area contributed by atoms with E-state index in [1.807, 2.05) is 13.0 Å². The molecule has 5 nitrogen and oxygen atoms in total. The second kappa shape index (κ2) is 5.93. The maximum atomic E-state index is 12.2. The summed E-state index contributed by atoms with van der Waals surface area (Å²) in [4.78, 5) is 12.2. The van der Waals surface area contributed by atoms with Gasteiger partial charge in [-0.2, -0.15) is 0 Å².